The van der Waals surface area contributed by atoms with E-state index < -0.39 is 35.3 Å². The number of aliphatic carboxylic acids is 1. The van der Waals surface area contributed by atoms with Crippen molar-refractivity contribution >= 4 is 28.0 Å². The number of nitrogens with zero attached hydrogens (tertiary/aromatic N) is 1. The van der Waals surface area contributed by atoms with Crippen LogP contribution in [0.15, 0.2) is 22.7 Å². The van der Waals surface area contributed by atoms with Gasteiger partial charge in [0.1, 0.15) is 11.4 Å². The number of carboxylic acid groups (broad SMARTS) is 1. The molecule has 1 heterocycles. The molecule has 2 rings (SSSR count). The fraction of sp³-hybridized carbons (Fsp3) is 0.500. The van der Waals surface area contributed by atoms with Crippen molar-refractivity contribution in [3.8, 4) is 0 Å². The van der Waals surface area contributed by atoms with Crippen LogP contribution in [-0.4, -0.2) is 40.8 Å². The number of hydrogen-bond donors (Lipinski definition) is 1. The summed E-state index contributed by atoms with van der Waals surface area (Å²) < 4.78 is 20.0. The fourth-order valence-corrected chi connectivity index (χ4v) is 2.98. The van der Waals surface area contributed by atoms with Crippen molar-refractivity contribution in [2.24, 2.45) is 5.92 Å². The zero-order valence-corrected chi connectivity index (χ0v) is 14.8. The van der Waals surface area contributed by atoms with Gasteiger partial charge in [-0.1, -0.05) is 22.0 Å². The predicted octanol–water partition coefficient (Wildman–Crippen LogP) is 3.62. The topological polar surface area (TPSA) is 66.8 Å². The average Bonchev–Trinajstić information content (AvgIpc) is 2.81. The van der Waals surface area contributed by atoms with E-state index in [9.17, 15) is 19.1 Å². The minimum atomic E-state index is -1.05. The molecule has 0 bridgehead atoms. The maximum absolute atomic E-state index is 14.2. The Morgan fingerprint density at radius 1 is 1.35 bits per heavy atom. The summed E-state index contributed by atoms with van der Waals surface area (Å²) >= 11 is 3.18. The van der Waals surface area contributed by atoms with E-state index in [-0.39, 0.29) is 13.1 Å². The zero-order chi connectivity index (χ0) is 17.4. The highest BCUT2D eigenvalue weighted by atomic mass is 79.9. The molecule has 23 heavy (non-hydrogen) atoms. The lowest BCUT2D eigenvalue weighted by atomic mass is 9.89. The molecule has 1 aliphatic heterocycles. The summed E-state index contributed by atoms with van der Waals surface area (Å²) in [4.78, 5) is 25.0. The van der Waals surface area contributed by atoms with Crippen molar-refractivity contribution in [3.63, 3.8) is 0 Å². The van der Waals surface area contributed by atoms with Gasteiger partial charge in [-0.25, -0.2) is 9.18 Å². The first kappa shape index (κ1) is 17.7. The summed E-state index contributed by atoms with van der Waals surface area (Å²) in [5.41, 5.74) is -0.372. The molecule has 0 saturated carbocycles. The largest absolute Gasteiger partial charge is 0.481 e. The predicted molar refractivity (Wildman–Crippen MR) is 85.8 cm³/mol. The number of rotatable bonds is 2. The van der Waals surface area contributed by atoms with Gasteiger partial charge in [-0.3, -0.25) is 4.79 Å². The van der Waals surface area contributed by atoms with Crippen molar-refractivity contribution in [2.45, 2.75) is 32.3 Å². The smallest absolute Gasteiger partial charge is 0.410 e. The molecule has 2 atom stereocenters. The summed E-state index contributed by atoms with van der Waals surface area (Å²) in [6, 6.07) is 4.51. The normalized spacial score (nSPS) is 21.3. The Morgan fingerprint density at radius 2 is 2.00 bits per heavy atom. The first-order valence-corrected chi connectivity index (χ1v) is 8.03. The van der Waals surface area contributed by atoms with Crippen molar-refractivity contribution in [3.05, 3.63) is 34.1 Å². The highest BCUT2D eigenvalue weighted by molar-refractivity contribution is 9.10. The molecule has 1 aromatic carbocycles. The second kappa shape index (κ2) is 6.47. The second-order valence-corrected chi connectivity index (χ2v) is 7.52. The molecule has 0 unspecified atom stereocenters. The van der Waals surface area contributed by atoms with Crippen molar-refractivity contribution in [1.29, 1.82) is 0 Å². The molecule has 0 spiro atoms. The molecule has 126 valence electrons. The Kier molecular flexibility index (Phi) is 4.98. The van der Waals surface area contributed by atoms with Gasteiger partial charge in [-0.15, -0.1) is 0 Å². The second-order valence-electron chi connectivity index (χ2n) is 6.60. The first-order chi connectivity index (χ1) is 10.6. The van der Waals surface area contributed by atoms with E-state index in [2.05, 4.69) is 15.9 Å². The van der Waals surface area contributed by atoms with Gasteiger partial charge in [-0.2, -0.15) is 0 Å². The minimum Gasteiger partial charge on any atom is -0.481 e. The summed E-state index contributed by atoms with van der Waals surface area (Å²) in [5.74, 6) is -3.00. The number of halogens is 2. The Morgan fingerprint density at radius 3 is 2.52 bits per heavy atom. The molecular weight excluding hydrogens is 369 g/mol. The van der Waals surface area contributed by atoms with Crippen LogP contribution in [0.4, 0.5) is 9.18 Å². The average molecular weight is 388 g/mol. The molecule has 1 aliphatic rings. The van der Waals surface area contributed by atoms with Gasteiger partial charge < -0.3 is 14.7 Å². The van der Waals surface area contributed by atoms with E-state index >= 15 is 0 Å². The standard InChI is InChI=1S/C16H19BrFNO4/c1-16(2,3)23-15(22)19-7-11(12(8-19)14(20)21)10-5-4-9(17)6-13(10)18/h4-6,11-12H,7-8H2,1-3H3,(H,20,21)/t11-,12+/m1/s1. The van der Waals surface area contributed by atoms with Gasteiger partial charge >= 0.3 is 12.1 Å². The molecule has 1 amide bonds. The van der Waals surface area contributed by atoms with Gasteiger partial charge in [0, 0.05) is 23.5 Å². The number of amides is 1. The third-order valence-electron chi connectivity index (χ3n) is 3.65. The maximum Gasteiger partial charge on any atom is 0.410 e. The molecule has 5 nitrogen and oxygen atoms in total. The summed E-state index contributed by atoms with van der Waals surface area (Å²) in [6.45, 7) is 5.33. The molecule has 1 fully saturated rings. The van der Waals surface area contributed by atoms with E-state index in [0.717, 1.165) is 0 Å². The van der Waals surface area contributed by atoms with Gasteiger partial charge in [0.05, 0.1) is 5.92 Å². The SMILES string of the molecule is CC(C)(C)OC(=O)N1C[C@H](C(=O)O)[C@@H](c2ccc(Br)cc2F)C1. The van der Waals surface area contributed by atoms with Gasteiger partial charge in [0.25, 0.3) is 0 Å². The molecule has 0 radical (unpaired) electrons. The third kappa shape index (κ3) is 4.22. The van der Waals surface area contributed by atoms with Crippen LogP contribution >= 0.6 is 15.9 Å². The highest BCUT2D eigenvalue weighted by Gasteiger charge is 2.42. The number of carboxylic acids is 1. The van der Waals surface area contributed by atoms with Gasteiger partial charge in [0.2, 0.25) is 0 Å². The Labute approximate surface area is 142 Å². The van der Waals surface area contributed by atoms with Crippen molar-refractivity contribution in [1.82, 2.24) is 4.90 Å². The van der Waals surface area contributed by atoms with Gasteiger partial charge in [0.15, 0.2) is 0 Å². The van der Waals surface area contributed by atoms with Gasteiger partial charge in [-0.05, 0) is 38.5 Å². The van der Waals surface area contributed by atoms with Crippen LogP contribution in [0.5, 0.6) is 0 Å². The fourth-order valence-electron chi connectivity index (χ4n) is 2.65. The molecule has 0 aromatic heterocycles. The molecule has 1 N–H and O–H groups in total. The Balaban J connectivity index is 2.25. The third-order valence-corrected chi connectivity index (χ3v) is 4.14. The molecule has 1 saturated heterocycles. The zero-order valence-electron chi connectivity index (χ0n) is 13.2. The lowest BCUT2D eigenvalue weighted by molar-refractivity contribution is -0.141. The van der Waals surface area contributed by atoms with Crippen LogP contribution in [0.2, 0.25) is 0 Å². The maximum atomic E-state index is 14.2. The van der Waals surface area contributed by atoms with Crippen molar-refractivity contribution in [2.75, 3.05) is 13.1 Å². The van der Waals surface area contributed by atoms with E-state index in [0.29, 0.717) is 10.0 Å². The van der Waals surface area contributed by atoms with E-state index in [4.69, 9.17) is 4.74 Å². The summed E-state index contributed by atoms with van der Waals surface area (Å²) in [5, 5.41) is 9.41. The van der Waals surface area contributed by atoms with E-state index in [1.165, 1.54) is 11.0 Å². The van der Waals surface area contributed by atoms with Crippen molar-refractivity contribution < 1.29 is 23.8 Å². The molecular formula is C16H19BrFNO4. The Bertz CT molecular complexity index is 629. The Hall–Kier alpha value is -1.63. The number of likely N-dealkylation sites (tertiary alicyclic amines) is 1. The molecule has 1 aromatic rings. The van der Waals surface area contributed by atoms with Crippen LogP contribution < -0.4 is 0 Å². The number of hydrogen-bond acceptors (Lipinski definition) is 3. The minimum absolute atomic E-state index is 0.00438. The van der Waals surface area contributed by atoms with Crippen LogP contribution in [0.3, 0.4) is 0 Å². The first-order valence-electron chi connectivity index (χ1n) is 7.24. The number of carbonyl (C=O) groups is 2. The molecule has 7 heteroatoms. The quantitative estimate of drug-likeness (QED) is 0.841. The molecule has 0 aliphatic carbocycles. The lowest BCUT2D eigenvalue weighted by Crippen LogP contribution is -2.35. The summed E-state index contributed by atoms with van der Waals surface area (Å²) in [6.07, 6.45) is -0.580. The van der Waals surface area contributed by atoms with Crippen LogP contribution in [0.1, 0.15) is 32.3 Å². The number of benzene rings is 1. The summed E-state index contributed by atoms with van der Waals surface area (Å²) in [7, 11) is 0. The van der Waals surface area contributed by atoms with Crippen LogP contribution in [0.25, 0.3) is 0 Å². The van der Waals surface area contributed by atoms with Crippen LogP contribution in [-0.2, 0) is 9.53 Å². The lowest BCUT2D eigenvalue weighted by Gasteiger charge is -2.24. The van der Waals surface area contributed by atoms with E-state index in [1.807, 2.05) is 0 Å². The monoisotopic (exact) mass is 387 g/mol. The van der Waals surface area contributed by atoms with E-state index in [1.54, 1.807) is 32.9 Å². The van der Waals surface area contributed by atoms with Crippen LogP contribution in [0, 0.1) is 11.7 Å². The number of carbonyl (C=O) groups excluding carboxylic acids is 1. The number of ether oxygens (including phenoxy) is 1. The highest BCUT2D eigenvalue weighted by Crippen LogP contribution is 2.35.